The van der Waals surface area contributed by atoms with E-state index < -0.39 is 11.4 Å². The van der Waals surface area contributed by atoms with Gasteiger partial charge in [-0.05, 0) is 39.9 Å². The van der Waals surface area contributed by atoms with Gasteiger partial charge in [-0.3, -0.25) is 4.79 Å². The summed E-state index contributed by atoms with van der Waals surface area (Å²) in [5.41, 5.74) is -0.459. The zero-order valence-corrected chi connectivity index (χ0v) is 11.7. The van der Waals surface area contributed by atoms with Gasteiger partial charge in [0.2, 0.25) is 0 Å². The summed E-state index contributed by atoms with van der Waals surface area (Å²) in [4.78, 5) is 16.3. The summed E-state index contributed by atoms with van der Waals surface area (Å²) < 4.78 is 0. The fourth-order valence-electron chi connectivity index (χ4n) is 3.47. The first kappa shape index (κ1) is 13.8. The molecule has 2 aliphatic rings. The van der Waals surface area contributed by atoms with Gasteiger partial charge in [-0.2, -0.15) is 0 Å². The van der Waals surface area contributed by atoms with Crippen molar-refractivity contribution < 1.29 is 9.90 Å². The highest BCUT2D eigenvalue weighted by Crippen LogP contribution is 2.38. The third kappa shape index (κ3) is 2.86. The van der Waals surface area contributed by atoms with E-state index in [1.54, 1.807) is 0 Å². The molecule has 1 saturated heterocycles. The number of carboxylic acid groups (broad SMARTS) is 1. The predicted octanol–water partition coefficient (Wildman–Crippen LogP) is 1.66. The molecule has 1 N–H and O–H groups in total. The minimum atomic E-state index is -0.574. The summed E-state index contributed by atoms with van der Waals surface area (Å²) in [6.45, 7) is 2.84. The number of nitrogens with zero attached hydrogens (tertiary/aromatic N) is 2. The summed E-state index contributed by atoms with van der Waals surface area (Å²) in [5.74, 6) is -0.574. The molecule has 1 saturated carbocycles. The van der Waals surface area contributed by atoms with Crippen LogP contribution in [0.2, 0.25) is 0 Å². The van der Waals surface area contributed by atoms with Crippen LogP contribution in [0.15, 0.2) is 0 Å². The van der Waals surface area contributed by atoms with Crippen LogP contribution in [0, 0.1) is 5.41 Å². The van der Waals surface area contributed by atoms with Gasteiger partial charge in [0, 0.05) is 19.1 Å². The van der Waals surface area contributed by atoms with Crippen LogP contribution in [-0.2, 0) is 4.79 Å². The Balaban J connectivity index is 1.96. The summed E-state index contributed by atoms with van der Waals surface area (Å²) in [7, 11) is 4.23. The van der Waals surface area contributed by atoms with E-state index in [0.29, 0.717) is 6.04 Å². The Morgan fingerprint density at radius 2 is 2.00 bits per heavy atom. The number of aliphatic carboxylic acids is 1. The van der Waals surface area contributed by atoms with Gasteiger partial charge >= 0.3 is 5.97 Å². The average Bonchev–Trinajstić information content (AvgIpc) is 2.78. The fourth-order valence-corrected chi connectivity index (χ4v) is 3.47. The Kier molecular flexibility index (Phi) is 4.28. The van der Waals surface area contributed by atoms with Crippen molar-refractivity contribution in [3.63, 3.8) is 0 Å². The zero-order chi connectivity index (χ0) is 13.2. The lowest BCUT2D eigenvalue weighted by molar-refractivity contribution is -0.152. The van der Waals surface area contributed by atoms with Crippen LogP contribution >= 0.6 is 0 Å². The van der Waals surface area contributed by atoms with E-state index in [1.165, 1.54) is 12.8 Å². The van der Waals surface area contributed by atoms with Crippen LogP contribution in [0.3, 0.4) is 0 Å². The number of rotatable bonds is 4. The van der Waals surface area contributed by atoms with Crippen molar-refractivity contribution in [2.24, 2.45) is 5.41 Å². The van der Waals surface area contributed by atoms with Gasteiger partial charge in [0.05, 0.1) is 5.41 Å². The van der Waals surface area contributed by atoms with Crippen LogP contribution < -0.4 is 0 Å². The van der Waals surface area contributed by atoms with Gasteiger partial charge in [-0.25, -0.2) is 0 Å². The maximum Gasteiger partial charge on any atom is 0.310 e. The van der Waals surface area contributed by atoms with E-state index >= 15 is 0 Å². The molecule has 1 aliphatic heterocycles. The van der Waals surface area contributed by atoms with Crippen molar-refractivity contribution >= 4 is 5.97 Å². The fraction of sp³-hybridized carbons (Fsp3) is 0.929. The first-order chi connectivity index (χ1) is 8.53. The van der Waals surface area contributed by atoms with E-state index in [0.717, 1.165) is 45.3 Å². The first-order valence-corrected chi connectivity index (χ1v) is 7.16. The van der Waals surface area contributed by atoms with Gasteiger partial charge in [0.15, 0.2) is 0 Å². The number of likely N-dealkylation sites (N-methyl/N-ethyl adjacent to an activating group) is 1. The lowest BCUT2D eigenvalue weighted by Crippen LogP contribution is -2.44. The second-order valence-corrected chi connectivity index (χ2v) is 6.29. The number of likely N-dealkylation sites (tertiary alicyclic amines) is 1. The molecule has 1 heterocycles. The topological polar surface area (TPSA) is 43.8 Å². The standard InChI is InChI=1S/C14H26N2O2/c1-15(2)12-6-9-16(10-12)11-14(13(17)18)7-4-3-5-8-14/h12H,3-11H2,1-2H3,(H,17,18). The monoisotopic (exact) mass is 254 g/mol. The summed E-state index contributed by atoms with van der Waals surface area (Å²) in [5, 5.41) is 9.59. The van der Waals surface area contributed by atoms with Crippen molar-refractivity contribution in [3.8, 4) is 0 Å². The molecule has 2 rings (SSSR count). The maximum absolute atomic E-state index is 11.6. The SMILES string of the molecule is CN(C)C1CCN(CC2(C(=O)O)CCCCC2)C1. The molecule has 0 bridgehead atoms. The van der Waals surface area contributed by atoms with Crippen molar-refractivity contribution in [1.82, 2.24) is 9.80 Å². The van der Waals surface area contributed by atoms with Gasteiger partial charge < -0.3 is 14.9 Å². The molecule has 104 valence electrons. The van der Waals surface area contributed by atoms with Crippen molar-refractivity contribution in [2.45, 2.75) is 44.6 Å². The third-order valence-electron chi connectivity index (χ3n) is 4.77. The van der Waals surface area contributed by atoms with Crippen LogP contribution in [0.4, 0.5) is 0 Å². The molecule has 1 aliphatic carbocycles. The number of carboxylic acids is 1. The zero-order valence-electron chi connectivity index (χ0n) is 11.7. The van der Waals surface area contributed by atoms with E-state index in [-0.39, 0.29) is 0 Å². The minimum absolute atomic E-state index is 0.459. The number of hydrogen-bond donors (Lipinski definition) is 1. The predicted molar refractivity (Wildman–Crippen MR) is 71.7 cm³/mol. The van der Waals surface area contributed by atoms with E-state index in [4.69, 9.17) is 0 Å². The Morgan fingerprint density at radius 3 is 2.50 bits per heavy atom. The molecule has 4 nitrogen and oxygen atoms in total. The highest BCUT2D eigenvalue weighted by atomic mass is 16.4. The minimum Gasteiger partial charge on any atom is -0.481 e. The van der Waals surface area contributed by atoms with Crippen molar-refractivity contribution in [3.05, 3.63) is 0 Å². The molecule has 0 aromatic rings. The molecule has 0 spiro atoms. The molecule has 2 fully saturated rings. The molecular weight excluding hydrogens is 228 g/mol. The van der Waals surface area contributed by atoms with E-state index in [1.807, 2.05) is 0 Å². The normalized spacial score (nSPS) is 28.7. The Bertz CT molecular complexity index is 298. The van der Waals surface area contributed by atoms with E-state index in [9.17, 15) is 9.90 Å². The van der Waals surface area contributed by atoms with Gasteiger partial charge in [0.25, 0.3) is 0 Å². The average molecular weight is 254 g/mol. The molecule has 1 unspecified atom stereocenters. The van der Waals surface area contributed by atoms with Gasteiger partial charge in [-0.15, -0.1) is 0 Å². The Hall–Kier alpha value is -0.610. The third-order valence-corrected chi connectivity index (χ3v) is 4.77. The smallest absolute Gasteiger partial charge is 0.310 e. The van der Waals surface area contributed by atoms with Crippen LogP contribution in [0.1, 0.15) is 38.5 Å². The molecular formula is C14H26N2O2. The van der Waals surface area contributed by atoms with Gasteiger partial charge in [0.1, 0.15) is 0 Å². The molecule has 0 aromatic heterocycles. The number of hydrogen-bond acceptors (Lipinski definition) is 3. The lowest BCUT2D eigenvalue weighted by Gasteiger charge is -2.36. The molecule has 0 radical (unpaired) electrons. The number of carbonyl (C=O) groups is 1. The first-order valence-electron chi connectivity index (χ1n) is 7.16. The summed E-state index contributed by atoms with van der Waals surface area (Å²) in [6, 6.07) is 0.597. The molecule has 0 amide bonds. The van der Waals surface area contributed by atoms with Crippen LogP contribution in [0.5, 0.6) is 0 Å². The largest absolute Gasteiger partial charge is 0.481 e. The highest BCUT2D eigenvalue weighted by molar-refractivity contribution is 5.75. The summed E-state index contributed by atoms with van der Waals surface area (Å²) >= 11 is 0. The van der Waals surface area contributed by atoms with Gasteiger partial charge in [-0.1, -0.05) is 19.3 Å². The molecule has 4 heteroatoms. The molecule has 18 heavy (non-hydrogen) atoms. The van der Waals surface area contributed by atoms with Crippen molar-refractivity contribution in [2.75, 3.05) is 33.7 Å². The summed E-state index contributed by atoms with van der Waals surface area (Å²) in [6.07, 6.45) is 6.27. The second-order valence-electron chi connectivity index (χ2n) is 6.29. The van der Waals surface area contributed by atoms with Crippen LogP contribution in [-0.4, -0.2) is 60.6 Å². The molecule has 1 atom stereocenters. The quantitative estimate of drug-likeness (QED) is 0.828. The second kappa shape index (κ2) is 5.57. The van der Waals surface area contributed by atoms with Crippen molar-refractivity contribution in [1.29, 1.82) is 0 Å². The maximum atomic E-state index is 11.6. The van der Waals surface area contributed by atoms with E-state index in [2.05, 4.69) is 23.9 Å². The Morgan fingerprint density at radius 1 is 1.33 bits per heavy atom. The Labute approximate surface area is 110 Å². The highest BCUT2D eigenvalue weighted by Gasteiger charge is 2.42. The molecule has 0 aromatic carbocycles. The van der Waals surface area contributed by atoms with Crippen LogP contribution in [0.25, 0.3) is 0 Å². The lowest BCUT2D eigenvalue weighted by atomic mass is 9.73.